The maximum atomic E-state index is 8.74. The number of nitrogens with zero attached hydrogens (tertiary/aromatic N) is 3. The van der Waals surface area contributed by atoms with Gasteiger partial charge in [-0.05, 0) is 49.4 Å². The van der Waals surface area contributed by atoms with Crippen LogP contribution in [0.1, 0.15) is 6.42 Å². The maximum absolute atomic E-state index is 8.74. The number of benzene rings is 1. The minimum Gasteiger partial charge on any atom is -0.395 e. The van der Waals surface area contributed by atoms with E-state index in [4.69, 9.17) is 16.7 Å². The quantitative estimate of drug-likeness (QED) is 0.389. The summed E-state index contributed by atoms with van der Waals surface area (Å²) >= 11 is 6.02. The molecule has 0 saturated carbocycles. The number of pyridine rings is 1. The fraction of sp³-hybridized carbons (Fsp3) is 0.250. The second-order valence-electron chi connectivity index (χ2n) is 6.08. The Morgan fingerprint density at radius 3 is 2.71 bits per heavy atom. The molecule has 0 aliphatic carbocycles. The van der Waals surface area contributed by atoms with Gasteiger partial charge >= 0.3 is 0 Å². The molecule has 0 unspecified atom stereocenters. The largest absolute Gasteiger partial charge is 0.395 e. The third-order valence-electron chi connectivity index (χ3n) is 3.92. The summed E-state index contributed by atoms with van der Waals surface area (Å²) in [6, 6.07) is 13.2. The van der Waals surface area contributed by atoms with Crippen LogP contribution in [0.25, 0.3) is 11.3 Å². The number of aromatic nitrogens is 3. The SMILES string of the molecule is OCCNCCCNc1cc(-c2ccnc(Nc3cccc(Cl)c3)n2)ccn1. The Balaban J connectivity index is 1.63. The third kappa shape index (κ3) is 6.16. The average Bonchev–Trinajstić information content (AvgIpc) is 2.71. The van der Waals surface area contributed by atoms with E-state index in [0.717, 1.165) is 42.3 Å². The highest BCUT2D eigenvalue weighted by atomic mass is 35.5. The van der Waals surface area contributed by atoms with Crippen molar-refractivity contribution in [1.82, 2.24) is 20.3 Å². The summed E-state index contributed by atoms with van der Waals surface area (Å²) in [4.78, 5) is 13.2. The van der Waals surface area contributed by atoms with Gasteiger partial charge in [-0.2, -0.15) is 0 Å². The highest BCUT2D eigenvalue weighted by Gasteiger charge is 2.05. The van der Waals surface area contributed by atoms with E-state index in [-0.39, 0.29) is 6.61 Å². The molecule has 0 radical (unpaired) electrons. The van der Waals surface area contributed by atoms with Crippen LogP contribution < -0.4 is 16.0 Å². The molecule has 8 heteroatoms. The van der Waals surface area contributed by atoms with Gasteiger partial charge in [-0.3, -0.25) is 0 Å². The summed E-state index contributed by atoms with van der Waals surface area (Å²) in [5.41, 5.74) is 2.58. The molecule has 4 N–H and O–H groups in total. The van der Waals surface area contributed by atoms with Gasteiger partial charge in [0, 0.05) is 41.8 Å². The molecule has 3 rings (SSSR count). The molecule has 7 nitrogen and oxygen atoms in total. The van der Waals surface area contributed by atoms with Crippen molar-refractivity contribution >= 4 is 29.1 Å². The van der Waals surface area contributed by atoms with Gasteiger partial charge in [0.25, 0.3) is 0 Å². The normalized spacial score (nSPS) is 10.6. The molecule has 2 aromatic heterocycles. The lowest BCUT2D eigenvalue weighted by Crippen LogP contribution is -2.21. The van der Waals surface area contributed by atoms with Gasteiger partial charge in [-0.25, -0.2) is 15.0 Å². The highest BCUT2D eigenvalue weighted by Crippen LogP contribution is 2.22. The van der Waals surface area contributed by atoms with Crippen molar-refractivity contribution in [3.05, 3.63) is 59.9 Å². The van der Waals surface area contributed by atoms with E-state index < -0.39 is 0 Å². The smallest absolute Gasteiger partial charge is 0.227 e. The number of hydrogen-bond donors (Lipinski definition) is 4. The van der Waals surface area contributed by atoms with Crippen molar-refractivity contribution in [3.63, 3.8) is 0 Å². The summed E-state index contributed by atoms with van der Waals surface area (Å²) < 4.78 is 0. The second kappa shape index (κ2) is 10.6. The Morgan fingerprint density at radius 2 is 1.86 bits per heavy atom. The third-order valence-corrected chi connectivity index (χ3v) is 4.15. The van der Waals surface area contributed by atoms with Crippen LogP contribution in [0.2, 0.25) is 5.02 Å². The number of anilines is 3. The van der Waals surface area contributed by atoms with Gasteiger partial charge in [-0.15, -0.1) is 0 Å². The van der Waals surface area contributed by atoms with Crippen molar-refractivity contribution in [3.8, 4) is 11.3 Å². The first-order valence-corrected chi connectivity index (χ1v) is 9.50. The second-order valence-corrected chi connectivity index (χ2v) is 6.52. The molecule has 2 heterocycles. The molecular formula is C20H23ClN6O. The minimum atomic E-state index is 0.157. The molecule has 0 fully saturated rings. The Labute approximate surface area is 169 Å². The maximum Gasteiger partial charge on any atom is 0.227 e. The average molecular weight is 399 g/mol. The van der Waals surface area contributed by atoms with E-state index in [1.165, 1.54) is 0 Å². The lowest BCUT2D eigenvalue weighted by molar-refractivity contribution is 0.292. The molecule has 0 saturated heterocycles. The Morgan fingerprint density at radius 1 is 0.964 bits per heavy atom. The van der Waals surface area contributed by atoms with Crippen molar-refractivity contribution in [2.75, 3.05) is 36.9 Å². The molecule has 28 heavy (non-hydrogen) atoms. The minimum absolute atomic E-state index is 0.157. The fourth-order valence-corrected chi connectivity index (χ4v) is 2.79. The van der Waals surface area contributed by atoms with E-state index in [1.54, 1.807) is 12.4 Å². The van der Waals surface area contributed by atoms with Crippen LogP contribution in [0.3, 0.4) is 0 Å². The van der Waals surface area contributed by atoms with Gasteiger partial charge in [0.2, 0.25) is 5.95 Å². The predicted molar refractivity (Wildman–Crippen MR) is 113 cm³/mol. The van der Waals surface area contributed by atoms with Gasteiger partial charge in [0.15, 0.2) is 0 Å². The molecule has 3 aromatic rings. The van der Waals surface area contributed by atoms with E-state index in [1.807, 2.05) is 42.5 Å². The lowest BCUT2D eigenvalue weighted by Gasteiger charge is -2.09. The number of hydrogen-bond acceptors (Lipinski definition) is 7. The highest BCUT2D eigenvalue weighted by molar-refractivity contribution is 6.30. The standard InChI is InChI=1S/C20H23ClN6O/c21-16-3-1-4-17(14-16)26-20-25-10-6-18(27-20)15-5-9-24-19(13-15)23-8-2-7-22-11-12-28/h1,3-6,9-10,13-14,22,28H,2,7-8,11-12H2,(H,23,24)(H,25,26,27). The van der Waals surface area contributed by atoms with Gasteiger partial charge in [0.1, 0.15) is 5.82 Å². The van der Waals surface area contributed by atoms with Gasteiger partial charge in [0.05, 0.1) is 12.3 Å². The van der Waals surface area contributed by atoms with Crippen LogP contribution in [0.15, 0.2) is 54.9 Å². The fourth-order valence-electron chi connectivity index (χ4n) is 2.60. The summed E-state index contributed by atoms with van der Waals surface area (Å²) in [6.07, 6.45) is 4.41. The molecule has 0 amide bonds. The van der Waals surface area contributed by atoms with Crippen molar-refractivity contribution < 1.29 is 5.11 Å². The molecule has 146 valence electrons. The van der Waals surface area contributed by atoms with E-state index in [2.05, 4.69) is 30.9 Å². The zero-order chi connectivity index (χ0) is 19.6. The zero-order valence-corrected chi connectivity index (χ0v) is 16.2. The van der Waals surface area contributed by atoms with E-state index >= 15 is 0 Å². The van der Waals surface area contributed by atoms with Crippen LogP contribution in [0.5, 0.6) is 0 Å². The predicted octanol–water partition coefficient (Wildman–Crippen LogP) is 3.32. The molecule has 0 bridgehead atoms. The molecular weight excluding hydrogens is 376 g/mol. The van der Waals surface area contributed by atoms with Crippen LogP contribution in [0, 0.1) is 0 Å². The summed E-state index contributed by atoms with van der Waals surface area (Å²) in [5.74, 6) is 1.30. The Bertz CT molecular complexity index is 892. The number of nitrogens with one attached hydrogen (secondary N) is 3. The van der Waals surface area contributed by atoms with Crippen LogP contribution in [-0.4, -0.2) is 46.3 Å². The van der Waals surface area contributed by atoms with Crippen molar-refractivity contribution in [2.45, 2.75) is 6.42 Å². The van der Waals surface area contributed by atoms with E-state index in [0.29, 0.717) is 17.5 Å². The van der Waals surface area contributed by atoms with Crippen LogP contribution >= 0.6 is 11.6 Å². The number of aliphatic hydroxyl groups excluding tert-OH is 1. The Hall–Kier alpha value is -2.74. The van der Waals surface area contributed by atoms with Crippen LogP contribution in [-0.2, 0) is 0 Å². The Kier molecular flexibility index (Phi) is 7.54. The topological polar surface area (TPSA) is 95.0 Å². The zero-order valence-electron chi connectivity index (χ0n) is 15.4. The summed E-state index contributed by atoms with van der Waals surface area (Å²) in [5, 5.41) is 19.0. The first kappa shape index (κ1) is 20.0. The first-order chi connectivity index (χ1) is 13.7. The van der Waals surface area contributed by atoms with Crippen LogP contribution in [0.4, 0.5) is 17.5 Å². The van der Waals surface area contributed by atoms with Crippen molar-refractivity contribution in [1.29, 1.82) is 0 Å². The number of rotatable bonds is 10. The van der Waals surface area contributed by atoms with Crippen molar-refractivity contribution in [2.24, 2.45) is 0 Å². The number of aliphatic hydroxyl groups is 1. The monoisotopic (exact) mass is 398 g/mol. The molecule has 1 aromatic carbocycles. The molecule has 0 aliphatic rings. The van der Waals surface area contributed by atoms with Gasteiger partial charge < -0.3 is 21.1 Å². The van der Waals surface area contributed by atoms with Gasteiger partial charge in [-0.1, -0.05) is 17.7 Å². The molecule has 0 spiro atoms. The molecule has 0 aliphatic heterocycles. The summed E-state index contributed by atoms with van der Waals surface area (Å²) in [6.45, 7) is 2.41. The lowest BCUT2D eigenvalue weighted by atomic mass is 10.2. The van der Waals surface area contributed by atoms with E-state index in [9.17, 15) is 0 Å². The molecule has 0 atom stereocenters. The summed E-state index contributed by atoms with van der Waals surface area (Å²) in [7, 11) is 0. The number of halogens is 1. The first-order valence-electron chi connectivity index (χ1n) is 9.12.